The first-order chi connectivity index (χ1) is 17.0. The van der Waals surface area contributed by atoms with E-state index in [-0.39, 0.29) is 12.4 Å². The van der Waals surface area contributed by atoms with Crippen molar-refractivity contribution in [3.05, 3.63) is 65.8 Å². The lowest BCUT2D eigenvalue weighted by Crippen LogP contribution is -2.23. The molecule has 1 atom stereocenters. The van der Waals surface area contributed by atoms with Crippen molar-refractivity contribution in [2.24, 2.45) is 0 Å². The van der Waals surface area contributed by atoms with Crippen LogP contribution in [0.15, 0.2) is 43.1 Å². The Balaban J connectivity index is 1.39. The van der Waals surface area contributed by atoms with Crippen LogP contribution in [0.5, 0.6) is 5.75 Å². The van der Waals surface area contributed by atoms with Gasteiger partial charge in [0.05, 0.1) is 12.3 Å². The average Bonchev–Trinajstić information content (AvgIpc) is 3.63. The van der Waals surface area contributed by atoms with E-state index in [1.54, 1.807) is 34.4 Å². The Bertz CT molecular complexity index is 1580. The van der Waals surface area contributed by atoms with Crippen LogP contribution in [0.3, 0.4) is 0 Å². The second-order valence-corrected chi connectivity index (χ2v) is 8.73. The van der Waals surface area contributed by atoms with Crippen LogP contribution in [0.4, 0.5) is 10.3 Å². The number of fused-ring (bicyclic) bond motifs is 3. The molecule has 0 saturated heterocycles. The van der Waals surface area contributed by atoms with Crippen molar-refractivity contribution in [1.29, 1.82) is 0 Å². The summed E-state index contributed by atoms with van der Waals surface area (Å²) in [6.07, 6.45) is 5.89. The third-order valence-electron chi connectivity index (χ3n) is 6.65. The molecule has 11 heteroatoms. The van der Waals surface area contributed by atoms with Crippen molar-refractivity contribution in [2.75, 3.05) is 11.9 Å². The molecule has 4 aromatic heterocycles. The van der Waals surface area contributed by atoms with Gasteiger partial charge in [0.1, 0.15) is 29.8 Å². The summed E-state index contributed by atoms with van der Waals surface area (Å²) in [5.74, 6) is 0.923. The molecule has 5 aromatic rings. The van der Waals surface area contributed by atoms with Crippen molar-refractivity contribution >= 4 is 17.2 Å². The molecule has 178 valence electrons. The van der Waals surface area contributed by atoms with Gasteiger partial charge in [0.15, 0.2) is 11.3 Å². The van der Waals surface area contributed by atoms with Crippen molar-refractivity contribution in [3.63, 3.8) is 0 Å². The molecule has 0 aliphatic carbocycles. The molecule has 1 aliphatic rings. The van der Waals surface area contributed by atoms with E-state index in [2.05, 4.69) is 30.6 Å². The van der Waals surface area contributed by atoms with Gasteiger partial charge in [-0.3, -0.25) is 4.40 Å². The quantitative estimate of drug-likeness (QED) is 0.386. The number of benzene rings is 1. The van der Waals surface area contributed by atoms with E-state index in [1.165, 1.54) is 12.4 Å². The number of pyridine rings is 1. The third-order valence-corrected chi connectivity index (χ3v) is 6.65. The molecule has 1 aliphatic heterocycles. The molecule has 10 nitrogen and oxygen atoms in total. The maximum atomic E-state index is 14.6. The third kappa shape index (κ3) is 3.38. The summed E-state index contributed by atoms with van der Waals surface area (Å²) >= 11 is 0. The van der Waals surface area contributed by atoms with Gasteiger partial charge in [-0.25, -0.2) is 18.9 Å². The van der Waals surface area contributed by atoms with E-state index in [4.69, 9.17) is 4.74 Å². The number of hydrogen-bond acceptors (Lipinski definition) is 8. The highest BCUT2D eigenvalue weighted by molar-refractivity contribution is 5.86. The minimum Gasteiger partial charge on any atom is -0.493 e. The van der Waals surface area contributed by atoms with Crippen LogP contribution in [0.1, 0.15) is 37.1 Å². The Hall–Kier alpha value is -4.12. The first-order valence-corrected chi connectivity index (χ1v) is 11.4. The van der Waals surface area contributed by atoms with Crippen molar-refractivity contribution < 1.29 is 14.2 Å². The fourth-order valence-electron chi connectivity index (χ4n) is 4.52. The number of rotatable bonds is 6. The summed E-state index contributed by atoms with van der Waals surface area (Å²) in [6, 6.07) is 6.81. The Morgan fingerprint density at radius 2 is 2.06 bits per heavy atom. The Labute approximate surface area is 199 Å². The highest BCUT2D eigenvalue weighted by atomic mass is 19.1. The highest BCUT2D eigenvalue weighted by Gasteiger charge is 2.26. The number of nitrogens with one attached hydrogen (secondary N) is 1. The number of nitrogens with zero attached hydrogens (tertiary/aromatic N) is 7. The minimum atomic E-state index is -1.06. The first-order valence-electron chi connectivity index (χ1n) is 11.4. The summed E-state index contributed by atoms with van der Waals surface area (Å²) in [6.45, 7) is 4.46. The second kappa shape index (κ2) is 7.98. The Morgan fingerprint density at radius 1 is 1.17 bits per heavy atom. The Morgan fingerprint density at radius 3 is 2.91 bits per heavy atom. The van der Waals surface area contributed by atoms with Crippen LogP contribution in [-0.2, 0) is 18.6 Å². The van der Waals surface area contributed by atoms with Crippen LogP contribution in [0.25, 0.3) is 22.4 Å². The van der Waals surface area contributed by atoms with Crippen LogP contribution in [0.2, 0.25) is 0 Å². The van der Waals surface area contributed by atoms with Crippen molar-refractivity contribution in [3.8, 4) is 16.9 Å². The fraction of sp³-hybridized carbons (Fsp3) is 0.292. The lowest BCUT2D eigenvalue weighted by Gasteiger charge is -2.22. The summed E-state index contributed by atoms with van der Waals surface area (Å²) in [4.78, 5) is 9.01. The number of halogens is 1. The zero-order chi connectivity index (χ0) is 24.2. The summed E-state index contributed by atoms with van der Waals surface area (Å²) in [7, 11) is 0. The molecule has 1 aromatic carbocycles. The largest absolute Gasteiger partial charge is 0.493 e. The zero-order valence-corrected chi connectivity index (χ0v) is 19.2. The standard InChI is InChI=1S/C24H23FN8O2/c1-3-24(2,34)20-7-4-15(21-28-12-30-33(20)21)17-11-27-23(32-13-29-31-22(17)32)26-10-16-14-8-9-35-19(14)6-5-18(16)25/h4-7,11-13,34H,3,8-10H2,1-2H3,(H,26,27)/t24-/m0/s1. The number of aliphatic hydroxyl groups is 1. The molecular formula is C24H23FN8O2. The molecule has 0 fully saturated rings. The van der Waals surface area contributed by atoms with Crippen LogP contribution in [0, 0.1) is 5.82 Å². The number of ether oxygens (including phenoxy) is 1. The molecule has 0 bridgehead atoms. The van der Waals surface area contributed by atoms with E-state index >= 15 is 0 Å². The topological polar surface area (TPSA) is 115 Å². The molecule has 35 heavy (non-hydrogen) atoms. The molecule has 0 unspecified atom stereocenters. The summed E-state index contributed by atoms with van der Waals surface area (Å²) in [5.41, 5.74) is 3.62. The number of hydrogen-bond donors (Lipinski definition) is 2. The van der Waals surface area contributed by atoms with Gasteiger partial charge in [0.2, 0.25) is 5.95 Å². The van der Waals surface area contributed by atoms with E-state index in [0.29, 0.717) is 53.5 Å². The van der Waals surface area contributed by atoms with Gasteiger partial charge in [-0.05, 0) is 37.6 Å². The monoisotopic (exact) mass is 474 g/mol. The average molecular weight is 475 g/mol. The van der Waals surface area contributed by atoms with Gasteiger partial charge in [0, 0.05) is 41.4 Å². The summed E-state index contributed by atoms with van der Waals surface area (Å²) < 4.78 is 23.5. The second-order valence-electron chi connectivity index (χ2n) is 8.73. The summed E-state index contributed by atoms with van der Waals surface area (Å²) in [5, 5.41) is 26.7. The van der Waals surface area contributed by atoms with Gasteiger partial charge >= 0.3 is 0 Å². The van der Waals surface area contributed by atoms with Crippen LogP contribution < -0.4 is 10.1 Å². The number of aromatic nitrogens is 7. The molecule has 0 radical (unpaired) electrons. The normalized spacial score (nSPS) is 14.7. The molecular weight excluding hydrogens is 451 g/mol. The molecule has 0 amide bonds. The predicted molar refractivity (Wildman–Crippen MR) is 126 cm³/mol. The molecule has 2 N–H and O–H groups in total. The maximum Gasteiger partial charge on any atom is 0.210 e. The van der Waals surface area contributed by atoms with E-state index < -0.39 is 5.60 Å². The van der Waals surface area contributed by atoms with Crippen LogP contribution in [-0.4, -0.2) is 45.9 Å². The predicted octanol–water partition coefficient (Wildman–Crippen LogP) is 3.14. The lowest BCUT2D eigenvalue weighted by atomic mass is 9.97. The van der Waals surface area contributed by atoms with E-state index in [0.717, 1.165) is 16.9 Å². The Kier molecular flexibility index (Phi) is 4.88. The van der Waals surface area contributed by atoms with E-state index in [1.807, 2.05) is 19.1 Å². The van der Waals surface area contributed by atoms with Gasteiger partial charge in [-0.15, -0.1) is 10.2 Å². The van der Waals surface area contributed by atoms with Gasteiger partial charge in [-0.2, -0.15) is 5.10 Å². The molecule has 0 saturated carbocycles. The minimum absolute atomic E-state index is 0.243. The molecule has 5 heterocycles. The molecule has 6 rings (SSSR count). The highest BCUT2D eigenvalue weighted by Crippen LogP contribution is 2.33. The van der Waals surface area contributed by atoms with Gasteiger partial charge < -0.3 is 15.2 Å². The van der Waals surface area contributed by atoms with Gasteiger partial charge in [-0.1, -0.05) is 6.92 Å². The zero-order valence-electron chi connectivity index (χ0n) is 19.2. The SMILES string of the molecule is CC[C@](C)(O)c1ccc(-c2cnc(NCc3c(F)ccc4c3CCO4)n3cnnc23)c2ncnn12. The molecule has 0 spiro atoms. The van der Waals surface area contributed by atoms with Crippen LogP contribution >= 0.6 is 0 Å². The number of anilines is 1. The maximum absolute atomic E-state index is 14.6. The smallest absolute Gasteiger partial charge is 0.210 e. The van der Waals surface area contributed by atoms with Crippen molar-refractivity contribution in [1.82, 2.24) is 34.2 Å². The first kappa shape index (κ1) is 21.4. The van der Waals surface area contributed by atoms with Crippen molar-refractivity contribution in [2.45, 2.75) is 38.8 Å². The van der Waals surface area contributed by atoms with Gasteiger partial charge in [0.25, 0.3) is 0 Å². The van der Waals surface area contributed by atoms with E-state index in [9.17, 15) is 9.50 Å². The lowest BCUT2D eigenvalue weighted by molar-refractivity contribution is 0.0463. The fourth-order valence-corrected chi connectivity index (χ4v) is 4.52.